The minimum Gasteiger partial charge on any atom is -0.356 e. The molecular formula is C15H21N3O. The summed E-state index contributed by atoms with van der Waals surface area (Å²) in [7, 11) is 0. The second kappa shape index (κ2) is 5.59. The molecule has 0 bridgehead atoms. The van der Waals surface area contributed by atoms with Crippen LogP contribution in [0, 0.1) is 0 Å². The summed E-state index contributed by atoms with van der Waals surface area (Å²) in [4.78, 5) is 20.2. The molecule has 3 rings (SSSR count). The number of nitrogens with zero attached hydrogens (tertiary/aromatic N) is 3. The molecule has 2 fully saturated rings. The Labute approximate surface area is 114 Å². The van der Waals surface area contributed by atoms with Gasteiger partial charge in [0, 0.05) is 31.4 Å². The number of pyridine rings is 1. The summed E-state index contributed by atoms with van der Waals surface area (Å²) in [5, 5.41) is 0. The summed E-state index contributed by atoms with van der Waals surface area (Å²) < 4.78 is 0. The van der Waals surface area contributed by atoms with Gasteiger partial charge >= 0.3 is 0 Å². The SMILES string of the molecule is O=CN1CCCC[C@@H]1c1cccnc1N1CCCC1. The van der Waals surface area contributed by atoms with E-state index in [0.29, 0.717) is 0 Å². The molecule has 1 amide bonds. The fourth-order valence-corrected chi connectivity index (χ4v) is 3.28. The topological polar surface area (TPSA) is 36.4 Å². The number of likely N-dealkylation sites (tertiary alicyclic amines) is 1. The van der Waals surface area contributed by atoms with Crippen LogP contribution in [0.15, 0.2) is 18.3 Å². The van der Waals surface area contributed by atoms with Crippen LogP contribution in [-0.4, -0.2) is 35.9 Å². The van der Waals surface area contributed by atoms with Crippen LogP contribution in [-0.2, 0) is 4.79 Å². The van der Waals surface area contributed by atoms with Crippen molar-refractivity contribution in [3.05, 3.63) is 23.9 Å². The average molecular weight is 259 g/mol. The molecule has 2 saturated heterocycles. The van der Waals surface area contributed by atoms with Crippen molar-refractivity contribution in [3.8, 4) is 0 Å². The zero-order chi connectivity index (χ0) is 13.1. The minimum atomic E-state index is 0.218. The maximum absolute atomic E-state index is 11.3. The van der Waals surface area contributed by atoms with E-state index in [4.69, 9.17) is 0 Å². The third kappa shape index (κ3) is 2.44. The Kier molecular flexibility index (Phi) is 3.67. The van der Waals surface area contributed by atoms with Crippen LogP contribution in [0.4, 0.5) is 5.82 Å². The van der Waals surface area contributed by atoms with Crippen molar-refractivity contribution in [1.29, 1.82) is 0 Å². The van der Waals surface area contributed by atoms with Crippen molar-refractivity contribution in [1.82, 2.24) is 9.88 Å². The molecule has 2 aliphatic rings. The first-order valence-corrected chi connectivity index (χ1v) is 7.31. The number of aromatic nitrogens is 1. The Morgan fingerprint density at radius 1 is 1.16 bits per heavy atom. The van der Waals surface area contributed by atoms with Gasteiger partial charge in [-0.1, -0.05) is 6.07 Å². The molecule has 4 heteroatoms. The van der Waals surface area contributed by atoms with Gasteiger partial charge in [-0.15, -0.1) is 0 Å². The van der Waals surface area contributed by atoms with E-state index in [1.54, 1.807) is 0 Å². The van der Waals surface area contributed by atoms with Crippen molar-refractivity contribution in [3.63, 3.8) is 0 Å². The average Bonchev–Trinajstić information content (AvgIpc) is 3.01. The van der Waals surface area contributed by atoms with E-state index < -0.39 is 0 Å². The summed E-state index contributed by atoms with van der Waals surface area (Å²) in [5.74, 6) is 1.10. The number of carbonyl (C=O) groups is 1. The Balaban J connectivity index is 1.92. The standard InChI is InChI=1S/C15H21N3O/c19-12-18-11-2-1-7-14(18)13-6-5-8-16-15(13)17-9-3-4-10-17/h5-6,8,12,14H,1-4,7,9-11H2/t14-/m1/s1. The van der Waals surface area contributed by atoms with E-state index in [0.717, 1.165) is 44.7 Å². The smallest absolute Gasteiger partial charge is 0.210 e. The molecule has 0 aromatic carbocycles. The van der Waals surface area contributed by atoms with E-state index >= 15 is 0 Å². The third-order valence-electron chi connectivity index (χ3n) is 4.26. The molecule has 102 valence electrons. The van der Waals surface area contributed by atoms with Crippen molar-refractivity contribution < 1.29 is 4.79 Å². The number of amides is 1. The first-order chi connectivity index (χ1) is 9.40. The highest BCUT2D eigenvalue weighted by atomic mass is 16.1. The van der Waals surface area contributed by atoms with Crippen LogP contribution in [0.25, 0.3) is 0 Å². The predicted molar refractivity (Wildman–Crippen MR) is 75.0 cm³/mol. The van der Waals surface area contributed by atoms with Crippen LogP contribution >= 0.6 is 0 Å². The Morgan fingerprint density at radius 3 is 2.74 bits per heavy atom. The monoisotopic (exact) mass is 259 g/mol. The number of anilines is 1. The molecule has 1 aromatic rings. The lowest BCUT2D eigenvalue weighted by atomic mass is 9.96. The van der Waals surface area contributed by atoms with Crippen molar-refractivity contribution >= 4 is 12.2 Å². The normalized spacial score (nSPS) is 23.7. The largest absolute Gasteiger partial charge is 0.356 e. The van der Waals surface area contributed by atoms with Crippen LogP contribution in [0.5, 0.6) is 0 Å². The van der Waals surface area contributed by atoms with Gasteiger partial charge in [-0.3, -0.25) is 4.79 Å². The molecule has 0 spiro atoms. The van der Waals surface area contributed by atoms with E-state index in [1.807, 2.05) is 17.2 Å². The third-order valence-corrected chi connectivity index (χ3v) is 4.26. The lowest BCUT2D eigenvalue weighted by Crippen LogP contribution is -2.33. The van der Waals surface area contributed by atoms with Gasteiger partial charge in [0.1, 0.15) is 5.82 Å². The fourth-order valence-electron chi connectivity index (χ4n) is 3.28. The summed E-state index contributed by atoms with van der Waals surface area (Å²) in [6, 6.07) is 4.36. The van der Waals surface area contributed by atoms with Crippen molar-refractivity contribution in [2.45, 2.75) is 38.1 Å². The van der Waals surface area contributed by atoms with Crippen LogP contribution < -0.4 is 4.90 Å². The number of carbonyl (C=O) groups excluding carboxylic acids is 1. The van der Waals surface area contributed by atoms with Crippen LogP contribution in [0.2, 0.25) is 0 Å². The van der Waals surface area contributed by atoms with Gasteiger partial charge in [0.05, 0.1) is 6.04 Å². The van der Waals surface area contributed by atoms with Crippen LogP contribution in [0.3, 0.4) is 0 Å². The van der Waals surface area contributed by atoms with Crippen LogP contribution in [0.1, 0.15) is 43.7 Å². The van der Waals surface area contributed by atoms with Gasteiger partial charge in [-0.25, -0.2) is 4.98 Å². The molecule has 2 aliphatic heterocycles. The summed E-state index contributed by atoms with van der Waals surface area (Å²) >= 11 is 0. The van der Waals surface area contributed by atoms with Gasteiger partial charge < -0.3 is 9.80 Å². The fraction of sp³-hybridized carbons (Fsp3) is 0.600. The van der Waals surface area contributed by atoms with E-state index in [-0.39, 0.29) is 6.04 Å². The molecule has 19 heavy (non-hydrogen) atoms. The molecule has 1 aromatic heterocycles. The van der Waals surface area contributed by atoms with Gasteiger partial charge in [0.2, 0.25) is 6.41 Å². The molecule has 0 saturated carbocycles. The van der Waals surface area contributed by atoms with Gasteiger partial charge in [-0.05, 0) is 38.2 Å². The summed E-state index contributed by atoms with van der Waals surface area (Å²) in [5.41, 5.74) is 1.23. The maximum Gasteiger partial charge on any atom is 0.210 e. The van der Waals surface area contributed by atoms with E-state index in [1.165, 1.54) is 24.8 Å². The zero-order valence-electron chi connectivity index (χ0n) is 11.3. The number of rotatable bonds is 3. The molecule has 4 nitrogen and oxygen atoms in total. The van der Waals surface area contributed by atoms with Crippen molar-refractivity contribution in [2.24, 2.45) is 0 Å². The quantitative estimate of drug-likeness (QED) is 0.782. The predicted octanol–water partition coefficient (Wildman–Crippen LogP) is 2.37. The lowest BCUT2D eigenvalue weighted by molar-refractivity contribution is -0.121. The van der Waals surface area contributed by atoms with E-state index in [9.17, 15) is 4.79 Å². The summed E-state index contributed by atoms with van der Waals surface area (Å²) in [6.45, 7) is 3.07. The molecule has 0 N–H and O–H groups in total. The number of hydrogen-bond acceptors (Lipinski definition) is 3. The molecule has 1 atom stereocenters. The van der Waals surface area contributed by atoms with Crippen molar-refractivity contribution in [2.75, 3.05) is 24.5 Å². The second-order valence-electron chi connectivity index (χ2n) is 5.47. The molecule has 0 aliphatic carbocycles. The Hall–Kier alpha value is -1.58. The zero-order valence-corrected chi connectivity index (χ0v) is 11.3. The minimum absolute atomic E-state index is 0.218. The second-order valence-corrected chi connectivity index (χ2v) is 5.47. The molecule has 3 heterocycles. The summed E-state index contributed by atoms with van der Waals surface area (Å²) in [6.07, 6.45) is 8.75. The lowest BCUT2D eigenvalue weighted by Gasteiger charge is -2.35. The Bertz CT molecular complexity index is 443. The first kappa shape index (κ1) is 12.5. The number of hydrogen-bond donors (Lipinski definition) is 0. The Morgan fingerprint density at radius 2 is 1.95 bits per heavy atom. The van der Waals surface area contributed by atoms with Gasteiger partial charge in [-0.2, -0.15) is 0 Å². The first-order valence-electron chi connectivity index (χ1n) is 7.31. The van der Waals surface area contributed by atoms with E-state index in [2.05, 4.69) is 16.0 Å². The molecule has 0 unspecified atom stereocenters. The molecule has 0 radical (unpaired) electrons. The van der Waals surface area contributed by atoms with Gasteiger partial charge in [0.15, 0.2) is 0 Å². The van der Waals surface area contributed by atoms with Gasteiger partial charge in [0.25, 0.3) is 0 Å². The molecular weight excluding hydrogens is 238 g/mol. The highest BCUT2D eigenvalue weighted by Crippen LogP contribution is 2.35. The maximum atomic E-state index is 11.3. The highest BCUT2D eigenvalue weighted by Gasteiger charge is 2.27. The number of piperidine rings is 1. The highest BCUT2D eigenvalue weighted by molar-refractivity contribution is 5.54.